The summed E-state index contributed by atoms with van der Waals surface area (Å²) in [6, 6.07) is 21.9. The Bertz CT molecular complexity index is 1600. The molecule has 8 nitrogen and oxygen atoms in total. The summed E-state index contributed by atoms with van der Waals surface area (Å²) < 4.78 is 11.5. The minimum Gasteiger partial charge on any atom is -0.507 e. The first-order chi connectivity index (χ1) is 19.9. The van der Waals surface area contributed by atoms with E-state index in [1.54, 1.807) is 67.8 Å². The van der Waals surface area contributed by atoms with Crippen LogP contribution in [0.3, 0.4) is 0 Å². The average molecular weight is 551 g/mol. The average Bonchev–Trinajstić information content (AvgIpc) is 3.23. The Labute approximate surface area is 238 Å². The van der Waals surface area contributed by atoms with Gasteiger partial charge < -0.3 is 24.6 Å². The van der Waals surface area contributed by atoms with E-state index in [1.165, 1.54) is 11.0 Å². The summed E-state index contributed by atoms with van der Waals surface area (Å²) in [6.45, 7) is 4.63. The van der Waals surface area contributed by atoms with Gasteiger partial charge in [-0.05, 0) is 84.6 Å². The predicted molar refractivity (Wildman–Crippen MR) is 153 cm³/mol. The van der Waals surface area contributed by atoms with Crippen molar-refractivity contribution in [1.82, 2.24) is 9.88 Å². The van der Waals surface area contributed by atoms with Crippen LogP contribution in [0.15, 0.2) is 96.8 Å². The van der Waals surface area contributed by atoms with Crippen LogP contribution in [-0.4, -0.2) is 38.4 Å². The molecule has 5 rings (SSSR count). The molecule has 1 aliphatic heterocycles. The van der Waals surface area contributed by atoms with Gasteiger partial charge >= 0.3 is 0 Å². The minimum atomic E-state index is -0.917. The van der Waals surface area contributed by atoms with Crippen LogP contribution in [0.1, 0.15) is 40.8 Å². The standard InChI is InChI=1S/C33H30N2O6/c1-3-40-28-18-24(10-13-27(28)36)30-29(32(38)33(39)35(30)19-22-14-16-34-17-15-22)31(37)23-8-11-26(12-9-23)41-20-25-7-5-4-6-21(25)2/h4-18,30,36-37H,3,19-20H2,1-2H3/b31-29+. The van der Waals surface area contributed by atoms with Gasteiger partial charge in [0, 0.05) is 24.5 Å². The first-order valence-electron chi connectivity index (χ1n) is 13.3. The molecule has 0 aliphatic carbocycles. The number of ether oxygens (including phenoxy) is 2. The Morgan fingerprint density at radius 3 is 2.39 bits per heavy atom. The van der Waals surface area contributed by atoms with E-state index in [2.05, 4.69) is 4.98 Å². The number of aromatic nitrogens is 1. The summed E-state index contributed by atoms with van der Waals surface area (Å²) in [5, 5.41) is 21.7. The Morgan fingerprint density at radius 1 is 0.951 bits per heavy atom. The molecule has 3 aromatic carbocycles. The van der Waals surface area contributed by atoms with E-state index in [0.29, 0.717) is 30.1 Å². The molecule has 1 atom stereocenters. The van der Waals surface area contributed by atoms with Crippen LogP contribution in [0.2, 0.25) is 0 Å². The number of hydrogen-bond acceptors (Lipinski definition) is 7. The number of carbonyl (C=O) groups excluding carboxylic acids is 2. The summed E-state index contributed by atoms with van der Waals surface area (Å²) in [7, 11) is 0. The zero-order valence-corrected chi connectivity index (χ0v) is 22.8. The predicted octanol–water partition coefficient (Wildman–Crippen LogP) is 5.70. The number of hydrogen-bond donors (Lipinski definition) is 2. The molecule has 0 bridgehead atoms. The van der Waals surface area contributed by atoms with Gasteiger partial charge in [0.15, 0.2) is 11.5 Å². The monoisotopic (exact) mass is 550 g/mol. The molecule has 208 valence electrons. The van der Waals surface area contributed by atoms with E-state index in [1.807, 2.05) is 31.2 Å². The number of likely N-dealkylation sites (tertiary alicyclic amines) is 1. The quantitative estimate of drug-likeness (QED) is 0.156. The fraction of sp³-hybridized carbons (Fsp3) is 0.182. The van der Waals surface area contributed by atoms with E-state index < -0.39 is 17.7 Å². The first kappa shape index (κ1) is 27.5. The largest absolute Gasteiger partial charge is 0.507 e. The number of aliphatic hydroxyl groups is 1. The molecule has 1 saturated heterocycles. The lowest BCUT2D eigenvalue weighted by molar-refractivity contribution is -0.140. The minimum absolute atomic E-state index is 0.0502. The van der Waals surface area contributed by atoms with E-state index in [0.717, 1.165) is 16.7 Å². The molecule has 8 heteroatoms. The first-order valence-corrected chi connectivity index (χ1v) is 13.3. The smallest absolute Gasteiger partial charge is 0.295 e. The number of aromatic hydroxyl groups is 1. The number of ketones is 1. The van der Waals surface area contributed by atoms with Crippen LogP contribution in [0.4, 0.5) is 0 Å². The maximum Gasteiger partial charge on any atom is 0.295 e. The fourth-order valence-corrected chi connectivity index (χ4v) is 4.84. The van der Waals surface area contributed by atoms with Gasteiger partial charge in [-0.2, -0.15) is 0 Å². The molecule has 4 aromatic rings. The zero-order valence-electron chi connectivity index (χ0n) is 22.8. The van der Waals surface area contributed by atoms with E-state index >= 15 is 0 Å². The molecular weight excluding hydrogens is 520 g/mol. The number of phenols is 1. The molecule has 1 unspecified atom stereocenters. The van der Waals surface area contributed by atoms with Crippen molar-refractivity contribution in [3.05, 3.63) is 125 Å². The topological polar surface area (TPSA) is 109 Å². The summed E-state index contributed by atoms with van der Waals surface area (Å²) in [5.41, 5.74) is 3.79. The van der Waals surface area contributed by atoms with E-state index in [-0.39, 0.29) is 29.4 Å². The number of rotatable bonds is 9. The van der Waals surface area contributed by atoms with Crippen LogP contribution in [0.25, 0.3) is 5.76 Å². The Balaban J connectivity index is 1.51. The second-order valence-corrected chi connectivity index (χ2v) is 9.68. The number of carbonyl (C=O) groups is 2. The molecule has 0 radical (unpaired) electrons. The molecule has 1 aliphatic rings. The summed E-state index contributed by atoms with van der Waals surface area (Å²) in [5.74, 6) is -1.09. The lowest BCUT2D eigenvalue weighted by atomic mass is 9.94. The van der Waals surface area contributed by atoms with Gasteiger partial charge in [0.05, 0.1) is 18.2 Å². The van der Waals surface area contributed by atoms with Crippen molar-refractivity contribution in [3.63, 3.8) is 0 Å². The van der Waals surface area contributed by atoms with Crippen molar-refractivity contribution >= 4 is 17.4 Å². The van der Waals surface area contributed by atoms with Gasteiger partial charge in [-0.1, -0.05) is 30.3 Å². The SMILES string of the molecule is CCOc1cc(C2/C(=C(\O)c3ccc(OCc4ccccc4C)cc3)C(=O)C(=O)N2Cc2ccncc2)ccc1O. The second-order valence-electron chi connectivity index (χ2n) is 9.68. The van der Waals surface area contributed by atoms with Crippen molar-refractivity contribution < 1.29 is 29.3 Å². The highest BCUT2D eigenvalue weighted by atomic mass is 16.5. The highest BCUT2D eigenvalue weighted by molar-refractivity contribution is 6.46. The zero-order chi connectivity index (χ0) is 28.9. The maximum absolute atomic E-state index is 13.4. The van der Waals surface area contributed by atoms with E-state index in [9.17, 15) is 19.8 Å². The number of nitrogens with zero attached hydrogens (tertiary/aromatic N) is 2. The van der Waals surface area contributed by atoms with Crippen LogP contribution in [0, 0.1) is 6.92 Å². The van der Waals surface area contributed by atoms with Crippen molar-refractivity contribution in [2.45, 2.75) is 33.0 Å². The normalized spacial score (nSPS) is 16.1. The maximum atomic E-state index is 13.4. The van der Waals surface area contributed by atoms with Gasteiger partial charge in [-0.3, -0.25) is 14.6 Å². The lowest BCUT2D eigenvalue weighted by Crippen LogP contribution is -2.29. The van der Waals surface area contributed by atoms with E-state index in [4.69, 9.17) is 9.47 Å². The third kappa shape index (κ3) is 5.77. The molecule has 2 N–H and O–H groups in total. The number of aliphatic hydroxyl groups excluding tert-OH is 1. The third-order valence-corrected chi connectivity index (χ3v) is 7.03. The number of amides is 1. The van der Waals surface area contributed by atoms with Crippen LogP contribution >= 0.6 is 0 Å². The van der Waals surface area contributed by atoms with Crippen LogP contribution in [0.5, 0.6) is 17.2 Å². The molecule has 2 heterocycles. The van der Waals surface area contributed by atoms with Gasteiger partial charge in [-0.25, -0.2) is 0 Å². The Kier molecular flexibility index (Phi) is 8.01. The molecule has 0 saturated carbocycles. The van der Waals surface area contributed by atoms with Crippen LogP contribution < -0.4 is 9.47 Å². The van der Waals surface area contributed by atoms with Gasteiger partial charge in [0.1, 0.15) is 18.1 Å². The Hall–Kier alpha value is -5.11. The summed E-state index contributed by atoms with van der Waals surface area (Å²) >= 11 is 0. The number of pyridine rings is 1. The highest BCUT2D eigenvalue weighted by Gasteiger charge is 2.46. The number of benzene rings is 3. The number of Topliss-reactive ketones (excluding diaryl/α,β-unsaturated/α-hetero) is 1. The Morgan fingerprint density at radius 2 is 1.68 bits per heavy atom. The van der Waals surface area contributed by atoms with Crippen LogP contribution in [-0.2, 0) is 22.7 Å². The number of phenolic OH excluding ortho intramolecular Hbond substituents is 1. The summed E-state index contributed by atoms with van der Waals surface area (Å²) in [4.78, 5) is 32.2. The van der Waals surface area contributed by atoms with Gasteiger partial charge in [0.2, 0.25) is 0 Å². The molecule has 41 heavy (non-hydrogen) atoms. The van der Waals surface area contributed by atoms with Gasteiger partial charge in [0.25, 0.3) is 11.7 Å². The molecule has 0 spiro atoms. The summed E-state index contributed by atoms with van der Waals surface area (Å²) in [6.07, 6.45) is 3.22. The van der Waals surface area contributed by atoms with Crippen molar-refractivity contribution in [2.75, 3.05) is 6.61 Å². The second kappa shape index (κ2) is 12.0. The van der Waals surface area contributed by atoms with Crippen molar-refractivity contribution in [3.8, 4) is 17.2 Å². The highest BCUT2D eigenvalue weighted by Crippen LogP contribution is 2.42. The molecular formula is C33H30N2O6. The number of aryl methyl sites for hydroxylation is 1. The van der Waals surface area contributed by atoms with Crippen molar-refractivity contribution in [1.29, 1.82) is 0 Å². The molecule has 1 aromatic heterocycles. The lowest BCUT2D eigenvalue weighted by Gasteiger charge is -2.26. The fourth-order valence-electron chi connectivity index (χ4n) is 4.84. The van der Waals surface area contributed by atoms with Gasteiger partial charge in [-0.15, -0.1) is 0 Å². The molecule has 1 fully saturated rings. The van der Waals surface area contributed by atoms with Crippen molar-refractivity contribution in [2.24, 2.45) is 0 Å². The third-order valence-electron chi connectivity index (χ3n) is 7.03. The molecule has 1 amide bonds.